The summed E-state index contributed by atoms with van der Waals surface area (Å²) in [6, 6.07) is 10.0. The Bertz CT molecular complexity index is 462. The molecule has 3 nitrogen and oxygen atoms in total. The molecular weight excluding hydrogens is 214 g/mol. The van der Waals surface area contributed by atoms with Crippen molar-refractivity contribution in [3.63, 3.8) is 0 Å². The number of hydrogen-bond acceptors (Lipinski definition) is 3. The summed E-state index contributed by atoms with van der Waals surface area (Å²) >= 11 is 0. The highest BCUT2D eigenvalue weighted by Gasteiger charge is 2.15. The molecule has 1 atom stereocenters. The number of Topliss-reactive ketones (excluding diaryl/α,β-unsaturated/α-hetero) is 1. The van der Waals surface area contributed by atoms with Crippen LogP contribution in [0, 0.1) is 5.92 Å². The molecule has 0 saturated carbocycles. The maximum atomic E-state index is 11.9. The molecular formula is C14H15NO2. The van der Waals surface area contributed by atoms with Gasteiger partial charge in [-0.15, -0.1) is 0 Å². The molecule has 88 valence electrons. The SMILES string of the molecule is CC(Cc1ccccc1)C(=O)Cc1ncco1. The topological polar surface area (TPSA) is 43.1 Å². The van der Waals surface area contributed by atoms with Gasteiger partial charge in [0.05, 0.1) is 12.6 Å². The first-order valence-corrected chi connectivity index (χ1v) is 5.70. The summed E-state index contributed by atoms with van der Waals surface area (Å²) in [4.78, 5) is 15.9. The van der Waals surface area contributed by atoms with Crippen molar-refractivity contribution in [1.82, 2.24) is 4.98 Å². The Balaban J connectivity index is 1.92. The van der Waals surface area contributed by atoms with Crippen LogP contribution in [-0.4, -0.2) is 10.8 Å². The Hall–Kier alpha value is -1.90. The molecule has 0 fully saturated rings. The zero-order valence-corrected chi connectivity index (χ0v) is 9.80. The Kier molecular flexibility index (Phi) is 3.70. The first kappa shape index (κ1) is 11.6. The Labute approximate surface area is 100 Å². The van der Waals surface area contributed by atoms with Gasteiger partial charge in [0.2, 0.25) is 5.89 Å². The zero-order valence-electron chi connectivity index (χ0n) is 9.80. The van der Waals surface area contributed by atoms with E-state index in [1.807, 2.05) is 37.3 Å². The van der Waals surface area contributed by atoms with Gasteiger partial charge < -0.3 is 4.42 Å². The highest BCUT2D eigenvalue weighted by molar-refractivity contribution is 5.82. The average molecular weight is 229 g/mol. The maximum absolute atomic E-state index is 11.9. The highest BCUT2D eigenvalue weighted by atomic mass is 16.3. The molecule has 1 aromatic heterocycles. The molecule has 0 bridgehead atoms. The van der Waals surface area contributed by atoms with Crippen molar-refractivity contribution in [2.75, 3.05) is 0 Å². The van der Waals surface area contributed by atoms with Crippen LogP contribution in [0.4, 0.5) is 0 Å². The molecule has 2 rings (SSSR count). The Morgan fingerprint density at radius 3 is 2.76 bits per heavy atom. The van der Waals surface area contributed by atoms with E-state index in [0.29, 0.717) is 5.89 Å². The van der Waals surface area contributed by atoms with Gasteiger partial charge in [-0.3, -0.25) is 4.79 Å². The van der Waals surface area contributed by atoms with E-state index in [9.17, 15) is 4.79 Å². The fourth-order valence-corrected chi connectivity index (χ4v) is 1.75. The molecule has 0 aliphatic carbocycles. The van der Waals surface area contributed by atoms with Crippen molar-refractivity contribution in [1.29, 1.82) is 0 Å². The predicted molar refractivity (Wildman–Crippen MR) is 64.5 cm³/mol. The van der Waals surface area contributed by atoms with Crippen LogP contribution in [0.3, 0.4) is 0 Å². The number of carbonyl (C=O) groups excluding carboxylic acids is 1. The van der Waals surface area contributed by atoms with Crippen molar-refractivity contribution >= 4 is 5.78 Å². The van der Waals surface area contributed by atoms with Crippen LogP contribution in [-0.2, 0) is 17.6 Å². The van der Waals surface area contributed by atoms with Crippen LogP contribution >= 0.6 is 0 Å². The van der Waals surface area contributed by atoms with Gasteiger partial charge >= 0.3 is 0 Å². The van der Waals surface area contributed by atoms with Crippen molar-refractivity contribution in [2.45, 2.75) is 19.8 Å². The van der Waals surface area contributed by atoms with Crippen LogP contribution in [0.5, 0.6) is 0 Å². The van der Waals surface area contributed by atoms with Crippen molar-refractivity contribution < 1.29 is 9.21 Å². The second-order valence-electron chi connectivity index (χ2n) is 4.16. The predicted octanol–water partition coefficient (Wildman–Crippen LogP) is 2.67. The lowest BCUT2D eigenvalue weighted by Gasteiger charge is -2.08. The minimum Gasteiger partial charge on any atom is -0.449 e. The van der Waals surface area contributed by atoms with Crippen LogP contribution in [0.2, 0.25) is 0 Å². The van der Waals surface area contributed by atoms with Gasteiger partial charge in [0.1, 0.15) is 12.0 Å². The number of aromatic nitrogens is 1. The van der Waals surface area contributed by atoms with E-state index < -0.39 is 0 Å². The highest BCUT2D eigenvalue weighted by Crippen LogP contribution is 2.11. The van der Waals surface area contributed by atoms with E-state index in [-0.39, 0.29) is 18.1 Å². The lowest BCUT2D eigenvalue weighted by Crippen LogP contribution is -2.16. The lowest BCUT2D eigenvalue weighted by atomic mass is 9.95. The minimum atomic E-state index is -0.00991. The minimum absolute atomic E-state index is 0.00991. The second kappa shape index (κ2) is 5.43. The smallest absolute Gasteiger partial charge is 0.201 e. The first-order valence-electron chi connectivity index (χ1n) is 5.70. The Morgan fingerprint density at radius 2 is 2.12 bits per heavy atom. The normalized spacial score (nSPS) is 12.3. The molecule has 0 aliphatic heterocycles. The largest absolute Gasteiger partial charge is 0.449 e. The monoisotopic (exact) mass is 229 g/mol. The second-order valence-corrected chi connectivity index (χ2v) is 4.16. The first-order chi connectivity index (χ1) is 8.25. The maximum Gasteiger partial charge on any atom is 0.201 e. The van der Waals surface area contributed by atoms with Crippen molar-refractivity contribution in [3.8, 4) is 0 Å². The summed E-state index contributed by atoms with van der Waals surface area (Å²) in [6.07, 6.45) is 4.09. The zero-order chi connectivity index (χ0) is 12.1. The molecule has 1 heterocycles. The third-order valence-corrected chi connectivity index (χ3v) is 2.74. The van der Waals surface area contributed by atoms with Gasteiger partial charge in [0, 0.05) is 5.92 Å². The molecule has 0 amide bonds. The molecule has 17 heavy (non-hydrogen) atoms. The Morgan fingerprint density at radius 1 is 1.35 bits per heavy atom. The van der Waals surface area contributed by atoms with Gasteiger partial charge in [-0.25, -0.2) is 4.98 Å². The quantitative estimate of drug-likeness (QED) is 0.791. The number of oxazole rings is 1. The molecule has 0 saturated heterocycles. The van der Waals surface area contributed by atoms with Gasteiger partial charge in [0.25, 0.3) is 0 Å². The molecule has 0 spiro atoms. The number of rotatable bonds is 5. The van der Waals surface area contributed by atoms with E-state index in [4.69, 9.17) is 4.42 Å². The van der Waals surface area contributed by atoms with Crippen LogP contribution in [0.15, 0.2) is 47.2 Å². The summed E-state index contributed by atoms with van der Waals surface area (Å²) < 4.78 is 5.07. The number of hydrogen-bond donors (Lipinski definition) is 0. The third kappa shape index (κ3) is 3.28. The summed E-state index contributed by atoms with van der Waals surface area (Å²) in [5, 5.41) is 0. The van der Waals surface area contributed by atoms with E-state index in [1.54, 1.807) is 6.20 Å². The van der Waals surface area contributed by atoms with Crippen LogP contribution in [0.1, 0.15) is 18.4 Å². The summed E-state index contributed by atoms with van der Waals surface area (Å²) in [5.74, 6) is 0.649. The van der Waals surface area contributed by atoms with Crippen molar-refractivity contribution in [3.05, 3.63) is 54.2 Å². The summed E-state index contributed by atoms with van der Waals surface area (Å²) in [6.45, 7) is 1.94. The van der Waals surface area contributed by atoms with E-state index in [2.05, 4.69) is 4.98 Å². The molecule has 2 aromatic rings. The summed E-state index contributed by atoms with van der Waals surface area (Å²) in [7, 11) is 0. The lowest BCUT2D eigenvalue weighted by molar-refractivity contribution is -0.122. The number of carbonyl (C=O) groups is 1. The van der Waals surface area contributed by atoms with Gasteiger partial charge in [-0.2, -0.15) is 0 Å². The molecule has 1 unspecified atom stereocenters. The van der Waals surface area contributed by atoms with E-state index in [0.717, 1.165) is 6.42 Å². The third-order valence-electron chi connectivity index (χ3n) is 2.74. The summed E-state index contributed by atoms with van der Waals surface area (Å²) in [5.41, 5.74) is 1.18. The molecule has 3 heteroatoms. The number of nitrogens with zero attached hydrogens (tertiary/aromatic N) is 1. The van der Waals surface area contributed by atoms with Crippen LogP contribution in [0.25, 0.3) is 0 Å². The van der Waals surface area contributed by atoms with Crippen molar-refractivity contribution in [2.24, 2.45) is 5.92 Å². The fourth-order valence-electron chi connectivity index (χ4n) is 1.75. The molecule has 1 aromatic carbocycles. The van der Waals surface area contributed by atoms with E-state index >= 15 is 0 Å². The van der Waals surface area contributed by atoms with Crippen LogP contribution < -0.4 is 0 Å². The molecule has 0 radical (unpaired) electrons. The standard InChI is InChI=1S/C14H15NO2/c1-11(9-12-5-3-2-4-6-12)13(16)10-14-15-7-8-17-14/h2-8,11H,9-10H2,1H3. The van der Waals surface area contributed by atoms with Gasteiger partial charge in [0.15, 0.2) is 0 Å². The number of benzene rings is 1. The fraction of sp³-hybridized carbons (Fsp3) is 0.286. The molecule has 0 N–H and O–H groups in total. The van der Waals surface area contributed by atoms with Gasteiger partial charge in [-0.05, 0) is 12.0 Å². The van der Waals surface area contributed by atoms with E-state index in [1.165, 1.54) is 11.8 Å². The number of ketones is 1. The average Bonchev–Trinajstić information content (AvgIpc) is 2.83. The molecule has 0 aliphatic rings. The van der Waals surface area contributed by atoms with Gasteiger partial charge in [-0.1, -0.05) is 37.3 Å².